The normalized spacial score (nSPS) is 8.06. The van der Waals surface area contributed by atoms with E-state index in [1.165, 1.54) is 6.92 Å². The number of halogens is 2. The molecule has 4 nitrogen and oxygen atoms in total. The second-order valence-corrected chi connectivity index (χ2v) is 5.47. The van der Waals surface area contributed by atoms with Crippen molar-refractivity contribution in [1.29, 1.82) is 0 Å². The highest BCUT2D eigenvalue weighted by atomic mass is 19.3. The zero-order chi connectivity index (χ0) is 25.4. The van der Waals surface area contributed by atoms with Crippen LogP contribution >= 0.6 is 0 Å². The highest BCUT2D eigenvalue weighted by Gasteiger charge is 2.04. The number of aryl methyl sites for hydroxylation is 1. The third-order valence-electron chi connectivity index (χ3n) is 3.37. The van der Waals surface area contributed by atoms with E-state index in [0.29, 0.717) is 12.8 Å². The summed E-state index contributed by atoms with van der Waals surface area (Å²) in [5, 5.41) is 0. The van der Waals surface area contributed by atoms with Gasteiger partial charge in [0.15, 0.2) is 0 Å². The van der Waals surface area contributed by atoms with Gasteiger partial charge in [0.05, 0.1) is 14.2 Å². The van der Waals surface area contributed by atoms with Crippen LogP contribution in [0.25, 0.3) is 11.1 Å². The van der Waals surface area contributed by atoms with Crippen molar-refractivity contribution in [3.63, 3.8) is 0 Å². The van der Waals surface area contributed by atoms with E-state index >= 15 is 0 Å². The summed E-state index contributed by atoms with van der Waals surface area (Å²) in [7, 11) is 3.22. The molecule has 0 atom stereocenters. The van der Waals surface area contributed by atoms with E-state index in [1.54, 1.807) is 20.3 Å². The first-order chi connectivity index (χ1) is 15.4. The zero-order valence-electron chi connectivity index (χ0n) is 19.4. The van der Waals surface area contributed by atoms with Crippen molar-refractivity contribution in [3.05, 3.63) is 86.0 Å². The fourth-order valence-corrected chi connectivity index (χ4v) is 2.19. The number of benzene rings is 2. The molecule has 0 fully saturated rings. The van der Waals surface area contributed by atoms with Crippen molar-refractivity contribution in [2.24, 2.45) is 0 Å². The van der Waals surface area contributed by atoms with Crippen molar-refractivity contribution in [2.75, 3.05) is 14.2 Å². The van der Waals surface area contributed by atoms with E-state index in [1.807, 2.05) is 56.2 Å². The van der Waals surface area contributed by atoms with E-state index in [4.69, 9.17) is 19.1 Å². The van der Waals surface area contributed by atoms with E-state index < -0.39 is 6.08 Å². The lowest BCUT2D eigenvalue weighted by molar-refractivity contribution is -0.106. The minimum atomic E-state index is -1.62. The van der Waals surface area contributed by atoms with Crippen molar-refractivity contribution >= 4 is 13.1 Å². The minimum absolute atomic E-state index is 0.342. The highest BCUT2D eigenvalue weighted by Crippen LogP contribution is 2.30. The van der Waals surface area contributed by atoms with Crippen molar-refractivity contribution in [2.45, 2.75) is 26.7 Å². The molecule has 6 heteroatoms. The number of hydrogen-bond acceptors (Lipinski definition) is 4. The summed E-state index contributed by atoms with van der Waals surface area (Å²) in [5.41, 5.74) is 3.03. The standard InChI is InChI=1S/C18H18F2O2.C3H6.C2H4O.C2H4.CH2O/c1-21-16-10-15(11-17(12-16)22-2)14-8-6-13(7-9-14)4-3-5-18(19)20;1-3-2;1-2-3;2*1-2/h5-12H,3-4H2,1-2H3;3H,1H2,2H3;2H,1H3;1-2H2;1H2. The van der Waals surface area contributed by atoms with Crippen LogP contribution in [0.4, 0.5) is 8.78 Å². The summed E-state index contributed by atoms with van der Waals surface area (Å²) in [6, 6.07) is 13.5. The predicted octanol–water partition coefficient (Wildman–Crippen LogP) is 7.10. The van der Waals surface area contributed by atoms with E-state index in [9.17, 15) is 8.78 Å². The van der Waals surface area contributed by atoms with E-state index in [-0.39, 0.29) is 0 Å². The maximum Gasteiger partial charge on any atom is 0.266 e. The lowest BCUT2D eigenvalue weighted by atomic mass is 10.0. The SMILES string of the molecule is C=C.C=CC.C=O.CC=O.COc1cc(OC)cc(-c2ccc(CCC=C(F)F)cc2)c1. The van der Waals surface area contributed by atoms with Gasteiger partial charge in [0, 0.05) is 6.07 Å². The molecule has 0 unspecified atom stereocenters. The van der Waals surface area contributed by atoms with Gasteiger partial charge in [-0.2, -0.15) is 8.78 Å². The molecule has 176 valence electrons. The molecule has 32 heavy (non-hydrogen) atoms. The van der Waals surface area contributed by atoms with E-state index in [2.05, 4.69) is 19.7 Å². The van der Waals surface area contributed by atoms with Gasteiger partial charge < -0.3 is 19.1 Å². The van der Waals surface area contributed by atoms with Crippen LogP contribution in [0.2, 0.25) is 0 Å². The molecule has 0 N–H and O–H groups in total. The number of ether oxygens (including phenoxy) is 2. The molecule has 2 aromatic carbocycles. The Bertz CT molecular complexity index is 738. The van der Waals surface area contributed by atoms with Gasteiger partial charge in [-0.05, 0) is 61.6 Å². The molecule has 0 aromatic heterocycles. The van der Waals surface area contributed by atoms with Gasteiger partial charge >= 0.3 is 0 Å². The largest absolute Gasteiger partial charge is 0.497 e. The second-order valence-electron chi connectivity index (χ2n) is 5.47. The molecule has 0 amide bonds. The van der Waals surface area contributed by atoms with Gasteiger partial charge in [-0.3, -0.25) is 0 Å². The first-order valence-electron chi connectivity index (χ1n) is 9.54. The summed E-state index contributed by atoms with van der Waals surface area (Å²) in [6.07, 6.45) is 2.76. The molecular formula is C26H34F2O4. The van der Waals surface area contributed by atoms with Crippen LogP contribution in [0.3, 0.4) is 0 Å². The predicted molar refractivity (Wildman–Crippen MR) is 130 cm³/mol. The first-order valence-corrected chi connectivity index (χ1v) is 9.54. The average molecular weight is 449 g/mol. The summed E-state index contributed by atoms with van der Waals surface area (Å²) < 4.78 is 34.5. The monoisotopic (exact) mass is 448 g/mol. The fourth-order valence-electron chi connectivity index (χ4n) is 2.19. The van der Waals surface area contributed by atoms with Crippen molar-refractivity contribution in [1.82, 2.24) is 0 Å². The zero-order valence-corrected chi connectivity index (χ0v) is 19.4. The Hall–Kier alpha value is -3.54. The quantitative estimate of drug-likeness (QED) is 0.349. The molecule has 0 saturated heterocycles. The van der Waals surface area contributed by atoms with Gasteiger partial charge in [-0.25, -0.2) is 0 Å². The maximum atomic E-state index is 12.0. The number of hydrogen-bond donors (Lipinski definition) is 0. The van der Waals surface area contributed by atoms with Crippen LogP contribution in [0.5, 0.6) is 11.5 Å². The number of allylic oxidation sites excluding steroid dienone is 2. The van der Waals surface area contributed by atoms with Crippen LogP contribution in [0.15, 0.2) is 80.4 Å². The first kappa shape index (κ1) is 33.1. The summed E-state index contributed by atoms with van der Waals surface area (Å²) >= 11 is 0. The molecule has 0 radical (unpaired) electrons. The molecule has 0 saturated carbocycles. The smallest absolute Gasteiger partial charge is 0.266 e. The van der Waals surface area contributed by atoms with Crippen LogP contribution in [-0.4, -0.2) is 27.3 Å². The van der Waals surface area contributed by atoms with Gasteiger partial charge in [0.25, 0.3) is 6.08 Å². The minimum Gasteiger partial charge on any atom is -0.497 e. The third-order valence-corrected chi connectivity index (χ3v) is 3.37. The fraction of sp³-hybridized carbons (Fsp3) is 0.231. The molecule has 0 spiro atoms. The molecule has 2 rings (SSSR count). The van der Waals surface area contributed by atoms with E-state index in [0.717, 1.165) is 40.6 Å². The Morgan fingerprint density at radius 2 is 1.31 bits per heavy atom. The number of carbonyl (C=O) groups excluding carboxylic acids is 2. The van der Waals surface area contributed by atoms with Crippen LogP contribution in [0.1, 0.15) is 25.8 Å². The summed E-state index contributed by atoms with van der Waals surface area (Å²) in [6.45, 7) is 14.7. The third kappa shape index (κ3) is 16.3. The van der Waals surface area contributed by atoms with Crippen molar-refractivity contribution < 1.29 is 27.8 Å². The van der Waals surface area contributed by atoms with Gasteiger partial charge in [0.2, 0.25) is 0 Å². The lowest BCUT2D eigenvalue weighted by Crippen LogP contribution is -1.89. The lowest BCUT2D eigenvalue weighted by Gasteiger charge is -2.09. The summed E-state index contributed by atoms with van der Waals surface area (Å²) in [5.74, 6) is 1.45. The second kappa shape index (κ2) is 23.7. The Balaban J connectivity index is -0.000000726. The Morgan fingerprint density at radius 1 is 0.906 bits per heavy atom. The summed E-state index contributed by atoms with van der Waals surface area (Å²) in [4.78, 5) is 16.8. The number of rotatable bonds is 6. The molecule has 0 aliphatic carbocycles. The Morgan fingerprint density at radius 3 is 1.66 bits per heavy atom. The van der Waals surface area contributed by atoms with Crippen molar-refractivity contribution in [3.8, 4) is 22.6 Å². The Kier molecular flexibility index (Phi) is 24.6. The topological polar surface area (TPSA) is 52.6 Å². The van der Waals surface area contributed by atoms with Gasteiger partial charge in [-0.15, -0.1) is 19.7 Å². The van der Waals surface area contributed by atoms with Gasteiger partial charge in [0.1, 0.15) is 24.6 Å². The highest BCUT2D eigenvalue weighted by molar-refractivity contribution is 5.67. The van der Waals surface area contributed by atoms with Crippen LogP contribution in [0, 0.1) is 0 Å². The Labute approximate surface area is 190 Å². The number of carbonyl (C=O) groups is 2. The number of aldehydes is 1. The molecule has 0 aliphatic rings. The molecule has 0 heterocycles. The molecular weight excluding hydrogens is 414 g/mol. The maximum absolute atomic E-state index is 12.0. The van der Waals surface area contributed by atoms with Crippen LogP contribution in [-0.2, 0) is 16.0 Å². The molecule has 2 aromatic rings. The van der Waals surface area contributed by atoms with Gasteiger partial charge in [-0.1, -0.05) is 30.3 Å². The number of methoxy groups -OCH3 is 2. The van der Waals surface area contributed by atoms with Crippen LogP contribution < -0.4 is 9.47 Å². The molecule has 0 aliphatic heterocycles. The average Bonchev–Trinajstić information content (AvgIpc) is 2.82. The molecule has 0 bridgehead atoms.